The molecule has 0 radical (unpaired) electrons. The first-order valence-corrected chi connectivity index (χ1v) is 7.85. The number of carbonyl (C=O) groups is 2. The lowest BCUT2D eigenvalue weighted by Gasteiger charge is -2.42. The van der Waals surface area contributed by atoms with Crippen molar-refractivity contribution in [2.75, 3.05) is 25.1 Å². The summed E-state index contributed by atoms with van der Waals surface area (Å²) in [6.45, 7) is 0.795. The summed E-state index contributed by atoms with van der Waals surface area (Å²) >= 11 is 3.46. The van der Waals surface area contributed by atoms with Crippen LogP contribution in [0.15, 0.2) is 22.7 Å². The van der Waals surface area contributed by atoms with Gasteiger partial charge in [0.1, 0.15) is 18.3 Å². The Morgan fingerprint density at radius 1 is 1.29 bits per heavy atom. The highest BCUT2D eigenvalue weighted by atomic mass is 79.9. The Hall–Kier alpha value is -1.56. The third-order valence-corrected chi connectivity index (χ3v) is 4.78. The van der Waals surface area contributed by atoms with E-state index < -0.39 is 0 Å². The van der Waals surface area contributed by atoms with Crippen molar-refractivity contribution in [3.8, 4) is 5.75 Å². The minimum absolute atomic E-state index is 0.00301. The number of fused-ring (bicyclic) bond motifs is 1. The molecule has 2 aliphatic heterocycles. The summed E-state index contributed by atoms with van der Waals surface area (Å²) in [6.07, 6.45) is 2.73. The van der Waals surface area contributed by atoms with Gasteiger partial charge in [0.15, 0.2) is 0 Å². The zero-order valence-electron chi connectivity index (χ0n) is 11.8. The first-order chi connectivity index (χ1) is 10.1. The van der Waals surface area contributed by atoms with Crippen molar-refractivity contribution < 1.29 is 14.3 Å². The van der Waals surface area contributed by atoms with E-state index in [9.17, 15) is 9.59 Å². The van der Waals surface area contributed by atoms with Crippen LogP contribution in [0, 0.1) is 0 Å². The number of nitrogens with zero attached hydrogens (tertiary/aromatic N) is 2. The van der Waals surface area contributed by atoms with Gasteiger partial charge in [0, 0.05) is 17.1 Å². The molecule has 0 aromatic heterocycles. The molecule has 1 unspecified atom stereocenters. The molecule has 2 saturated heterocycles. The summed E-state index contributed by atoms with van der Waals surface area (Å²) in [4.78, 5) is 28.3. The molecule has 5 nitrogen and oxygen atoms in total. The fourth-order valence-corrected chi connectivity index (χ4v) is 3.46. The second-order valence-corrected chi connectivity index (χ2v) is 6.19. The maximum Gasteiger partial charge on any atom is 0.250 e. The minimum atomic E-state index is -0.307. The average Bonchev–Trinajstić information content (AvgIpc) is 2.52. The number of amides is 2. The summed E-state index contributed by atoms with van der Waals surface area (Å²) < 4.78 is 6.00. The van der Waals surface area contributed by atoms with E-state index in [1.165, 1.54) is 0 Å². The molecule has 0 bridgehead atoms. The Labute approximate surface area is 132 Å². The third kappa shape index (κ3) is 2.52. The van der Waals surface area contributed by atoms with Crippen molar-refractivity contribution in [3.05, 3.63) is 22.7 Å². The normalized spacial score (nSPS) is 22.3. The van der Waals surface area contributed by atoms with Gasteiger partial charge >= 0.3 is 0 Å². The number of methoxy groups -OCH3 is 1. The third-order valence-electron chi connectivity index (χ3n) is 4.11. The molecule has 112 valence electrons. The average molecular weight is 353 g/mol. The number of benzene rings is 1. The largest absolute Gasteiger partial charge is 0.497 e. The van der Waals surface area contributed by atoms with Gasteiger partial charge in [-0.15, -0.1) is 0 Å². The van der Waals surface area contributed by atoms with Crippen LogP contribution in [0.3, 0.4) is 0 Å². The summed E-state index contributed by atoms with van der Waals surface area (Å²) in [5.41, 5.74) is 0.693. The molecule has 1 atom stereocenters. The second-order valence-electron chi connectivity index (χ2n) is 5.34. The van der Waals surface area contributed by atoms with Crippen LogP contribution in [-0.2, 0) is 9.59 Å². The van der Waals surface area contributed by atoms with Gasteiger partial charge in [-0.1, -0.05) is 0 Å². The maximum absolute atomic E-state index is 12.7. The highest BCUT2D eigenvalue weighted by molar-refractivity contribution is 9.10. The first-order valence-electron chi connectivity index (χ1n) is 7.06. The molecule has 2 aliphatic rings. The predicted molar refractivity (Wildman–Crippen MR) is 82.4 cm³/mol. The number of hydrogen-bond donors (Lipinski definition) is 0. The van der Waals surface area contributed by atoms with Crippen LogP contribution in [0.1, 0.15) is 19.3 Å². The topological polar surface area (TPSA) is 49.9 Å². The van der Waals surface area contributed by atoms with Crippen LogP contribution in [0.2, 0.25) is 0 Å². The van der Waals surface area contributed by atoms with Crippen molar-refractivity contribution in [1.82, 2.24) is 4.90 Å². The van der Waals surface area contributed by atoms with E-state index in [4.69, 9.17) is 4.74 Å². The van der Waals surface area contributed by atoms with Crippen LogP contribution in [0.25, 0.3) is 0 Å². The molecule has 1 aromatic carbocycles. The van der Waals surface area contributed by atoms with Crippen LogP contribution < -0.4 is 9.64 Å². The zero-order valence-corrected chi connectivity index (χ0v) is 13.4. The summed E-state index contributed by atoms with van der Waals surface area (Å²) in [7, 11) is 1.58. The van der Waals surface area contributed by atoms with Gasteiger partial charge in [0.05, 0.1) is 12.8 Å². The van der Waals surface area contributed by atoms with Crippen LogP contribution in [-0.4, -0.2) is 43.0 Å². The lowest BCUT2D eigenvalue weighted by Crippen LogP contribution is -2.61. The number of halogens is 1. The molecule has 0 saturated carbocycles. The van der Waals surface area contributed by atoms with E-state index in [0.29, 0.717) is 18.0 Å². The summed E-state index contributed by atoms with van der Waals surface area (Å²) in [5.74, 6) is 0.691. The van der Waals surface area contributed by atoms with Gasteiger partial charge < -0.3 is 9.64 Å². The van der Waals surface area contributed by atoms with Crippen LogP contribution in [0.5, 0.6) is 5.75 Å². The fraction of sp³-hybridized carbons (Fsp3) is 0.467. The first kappa shape index (κ1) is 14.4. The van der Waals surface area contributed by atoms with Crippen molar-refractivity contribution in [2.24, 2.45) is 0 Å². The zero-order chi connectivity index (χ0) is 15.0. The molecule has 0 spiro atoms. The minimum Gasteiger partial charge on any atom is -0.497 e. The van der Waals surface area contributed by atoms with Gasteiger partial charge in [-0.25, -0.2) is 0 Å². The number of ether oxygens (including phenoxy) is 1. The van der Waals surface area contributed by atoms with E-state index in [1.54, 1.807) is 23.0 Å². The number of rotatable bonds is 2. The lowest BCUT2D eigenvalue weighted by molar-refractivity contribution is -0.144. The highest BCUT2D eigenvalue weighted by Crippen LogP contribution is 2.34. The van der Waals surface area contributed by atoms with Crippen molar-refractivity contribution in [1.29, 1.82) is 0 Å². The SMILES string of the molecule is COc1ccc(Br)c(N2CC(=O)N3CCCCC3C2=O)c1. The number of carbonyl (C=O) groups excluding carboxylic acids is 2. The molecule has 0 aliphatic carbocycles. The molecule has 1 aromatic rings. The summed E-state index contributed by atoms with van der Waals surface area (Å²) in [6, 6.07) is 5.13. The van der Waals surface area contributed by atoms with E-state index >= 15 is 0 Å². The van der Waals surface area contributed by atoms with Crippen molar-refractivity contribution in [2.45, 2.75) is 25.3 Å². The Kier molecular flexibility index (Phi) is 3.89. The van der Waals surface area contributed by atoms with E-state index in [0.717, 1.165) is 23.7 Å². The molecule has 2 fully saturated rings. The highest BCUT2D eigenvalue weighted by Gasteiger charge is 2.41. The fourth-order valence-electron chi connectivity index (χ4n) is 3.00. The molecular weight excluding hydrogens is 336 g/mol. The van der Waals surface area contributed by atoms with Crippen LogP contribution in [0.4, 0.5) is 5.69 Å². The monoisotopic (exact) mass is 352 g/mol. The molecule has 6 heteroatoms. The molecule has 21 heavy (non-hydrogen) atoms. The number of piperidine rings is 1. The van der Waals surface area contributed by atoms with E-state index in [-0.39, 0.29) is 24.4 Å². The smallest absolute Gasteiger partial charge is 0.250 e. The van der Waals surface area contributed by atoms with Crippen molar-refractivity contribution in [3.63, 3.8) is 0 Å². The Morgan fingerprint density at radius 3 is 2.86 bits per heavy atom. The maximum atomic E-state index is 12.7. The van der Waals surface area contributed by atoms with Gasteiger partial charge in [-0.2, -0.15) is 0 Å². The molecule has 0 N–H and O–H groups in total. The standard InChI is InChI=1S/C15H17BrN2O3/c1-21-10-5-6-11(16)13(8-10)18-9-14(19)17-7-3-2-4-12(17)15(18)20/h5-6,8,12H,2-4,7,9H2,1H3. The van der Waals surface area contributed by atoms with Crippen LogP contribution >= 0.6 is 15.9 Å². The Morgan fingerprint density at radius 2 is 2.10 bits per heavy atom. The second kappa shape index (κ2) is 5.67. The molecule has 2 heterocycles. The van der Waals surface area contributed by atoms with Crippen molar-refractivity contribution >= 4 is 33.4 Å². The van der Waals surface area contributed by atoms with Gasteiger partial charge in [-0.3, -0.25) is 14.5 Å². The molecule has 2 amide bonds. The summed E-state index contributed by atoms with van der Waals surface area (Å²) in [5, 5.41) is 0. The Bertz CT molecular complexity index is 590. The van der Waals surface area contributed by atoms with Gasteiger partial charge in [0.2, 0.25) is 11.8 Å². The molecule has 3 rings (SSSR count). The van der Waals surface area contributed by atoms with E-state index in [2.05, 4.69) is 15.9 Å². The Balaban J connectivity index is 1.95. The number of hydrogen-bond acceptors (Lipinski definition) is 3. The predicted octanol–water partition coefficient (Wildman–Crippen LogP) is 2.19. The van der Waals surface area contributed by atoms with E-state index in [1.807, 2.05) is 12.1 Å². The van der Waals surface area contributed by atoms with Gasteiger partial charge in [0.25, 0.3) is 0 Å². The number of anilines is 1. The quantitative estimate of drug-likeness (QED) is 0.819. The molecular formula is C15H17BrN2O3. The number of piperazine rings is 1. The lowest BCUT2D eigenvalue weighted by atomic mass is 9.98. The van der Waals surface area contributed by atoms with Gasteiger partial charge in [-0.05, 0) is 47.3 Å².